The molecule has 5 nitrogen and oxygen atoms in total. The Hall–Kier alpha value is -1.31. The fraction of sp³-hybridized carbons (Fsp3) is 0.278. The average molecular weight is 450 g/mol. The van der Waals surface area contributed by atoms with Crippen molar-refractivity contribution in [3.8, 4) is 0 Å². The maximum absolute atomic E-state index is 12.7. The molecule has 0 aromatic heterocycles. The number of amides is 1. The molecule has 0 saturated carbocycles. The van der Waals surface area contributed by atoms with Crippen LogP contribution in [0.15, 0.2) is 41.3 Å². The number of carbonyl (C=O) groups is 1. The molecule has 0 saturated heterocycles. The molecule has 0 aliphatic heterocycles. The summed E-state index contributed by atoms with van der Waals surface area (Å²) in [5.41, 5.74) is 0.757. The molecule has 1 amide bonds. The first-order valence-electron chi connectivity index (χ1n) is 8.22. The van der Waals surface area contributed by atoms with Gasteiger partial charge in [-0.05, 0) is 35.9 Å². The van der Waals surface area contributed by atoms with Crippen LogP contribution < -0.4 is 5.32 Å². The van der Waals surface area contributed by atoms with Crippen LogP contribution in [0.2, 0.25) is 15.1 Å². The summed E-state index contributed by atoms with van der Waals surface area (Å²) in [6, 6.07) is 9.03. The van der Waals surface area contributed by atoms with Crippen molar-refractivity contribution in [3.05, 3.63) is 62.6 Å². The highest BCUT2D eigenvalue weighted by Gasteiger charge is 2.23. The van der Waals surface area contributed by atoms with E-state index in [1.165, 1.54) is 22.5 Å². The van der Waals surface area contributed by atoms with E-state index in [1.54, 1.807) is 32.0 Å². The van der Waals surface area contributed by atoms with E-state index in [9.17, 15) is 13.2 Å². The van der Waals surface area contributed by atoms with Crippen LogP contribution in [0.25, 0.3) is 0 Å². The van der Waals surface area contributed by atoms with E-state index in [0.29, 0.717) is 28.7 Å². The number of halogens is 3. The van der Waals surface area contributed by atoms with Gasteiger partial charge in [-0.2, -0.15) is 4.31 Å². The summed E-state index contributed by atoms with van der Waals surface area (Å²) in [4.78, 5) is 12.6. The van der Waals surface area contributed by atoms with Crippen LogP contribution in [0.3, 0.4) is 0 Å². The lowest BCUT2D eigenvalue weighted by molar-refractivity contribution is 0.0951. The molecule has 2 aromatic rings. The highest BCUT2D eigenvalue weighted by molar-refractivity contribution is 7.89. The van der Waals surface area contributed by atoms with Gasteiger partial charge in [-0.1, -0.05) is 54.7 Å². The summed E-state index contributed by atoms with van der Waals surface area (Å²) in [5, 5.41) is 3.77. The molecule has 0 bridgehead atoms. The van der Waals surface area contributed by atoms with Gasteiger partial charge < -0.3 is 5.32 Å². The van der Waals surface area contributed by atoms with Gasteiger partial charge in [-0.15, -0.1) is 0 Å². The van der Waals surface area contributed by atoms with Crippen molar-refractivity contribution in [2.75, 3.05) is 13.1 Å². The van der Waals surface area contributed by atoms with Gasteiger partial charge in [0, 0.05) is 29.7 Å². The first kappa shape index (κ1) is 22.0. The molecular formula is C18H19Cl3N2O3S. The predicted molar refractivity (Wildman–Crippen MR) is 109 cm³/mol. The highest BCUT2D eigenvalue weighted by Crippen LogP contribution is 2.24. The monoisotopic (exact) mass is 448 g/mol. The Labute approximate surface area is 174 Å². The van der Waals surface area contributed by atoms with Gasteiger partial charge >= 0.3 is 0 Å². The second kappa shape index (κ2) is 9.26. The van der Waals surface area contributed by atoms with Gasteiger partial charge in [0.1, 0.15) is 0 Å². The third-order valence-electron chi connectivity index (χ3n) is 3.98. The molecule has 27 heavy (non-hydrogen) atoms. The molecule has 0 unspecified atom stereocenters. The lowest BCUT2D eigenvalue weighted by atomic mass is 10.2. The maximum atomic E-state index is 12.7. The maximum Gasteiger partial charge on any atom is 0.253 e. The molecule has 0 fully saturated rings. The van der Waals surface area contributed by atoms with Crippen molar-refractivity contribution in [3.63, 3.8) is 0 Å². The Balaban J connectivity index is 2.26. The zero-order valence-corrected chi connectivity index (χ0v) is 17.9. The topological polar surface area (TPSA) is 66.5 Å². The molecule has 0 aliphatic carbocycles. The van der Waals surface area contributed by atoms with E-state index in [4.69, 9.17) is 34.8 Å². The summed E-state index contributed by atoms with van der Waals surface area (Å²) in [5.74, 6) is -0.498. The minimum atomic E-state index is -3.69. The van der Waals surface area contributed by atoms with Crippen molar-refractivity contribution in [2.24, 2.45) is 0 Å². The van der Waals surface area contributed by atoms with Crippen LogP contribution in [0.5, 0.6) is 0 Å². The van der Waals surface area contributed by atoms with Gasteiger partial charge in [0.2, 0.25) is 10.0 Å². The van der Waals surface area contributed by atoms with Crippen LogP contribution in [-0.4, -0.2) is 31.7 Å². The third-order valence-corrected chi connectivity index (χ3v) is 6.94. The molecular weight excluding hydrogens is 431 g/mol. The van der Waals surface area contributed by atoms with Crippen molar-refractivity contribution in [1.29, 1.82) is 0 Å². The Morgan fingerprint density at radius 1 is 1.00 bits per heavy atom. The van der Waals surface area contributed by atoms with E-state index in [2.05, 4.69) is 5.32 Å². The van der Waals surface area contributed by atoms with E-state index >= 15 is 0 Å². The van der Waals surface area contributed by atoms with Crippen LogP contribution >= 0.6 is 34.8 Å². The van der Waals surface area contributed by atoms with E-state index in [-0.39, 0.29) is 22.0 Å². The molecule has 2 rings (SSSR count). The van der Waals surface area contributed by atoms with Crippen LogP contribution in [0, 0.1) is 0 Å². The smallest absolute Gasteiger partial charge is 0.253 e. The SMILES string of the molecule is CCN(CC)S(=O)(=O)c1ccc(Cl)c(C(=O)NCc2ccc(Cl)cc2Cl)c1. The van der Waals surface area contributed by atoms with E-state index in [1.807, 2.05) is 0 Å². The summed E-state index contributed by atoms with van der Waals surface area (Å²) in [7, 11) is -3.69. The van der Waals surface area contributed by atoms with Crippen molar-refractivity contribution < 1.29 is 13.2 Å². The summed E-state index contributed by atoms with van der Waals surface area (Å²) in [6.45, 7) is 4.31. The van der Waals surface area contributed by atoms with Gasteiger partial charge in [0.15, 0.2) is 0 Å². The quantitative estimate of drug-likeness (QED) is 0.671. The van der Waals surface area contributed by atoms with Gasteiger partial charge in [0.05, 0.1) is 15.5 Å². The van der Waals surface area contributed by atoms with Gasteiger partial charge in [0.25, 0.3) is 5.91 Å². The number of hydrogen-bond donors (Lipinski definition) is 1. The van der Waals surface area contributed by atoms with E-state index < -0.39 is 15.9 Å². The van der Waals surface area contributed by atoms with Gasteiger partial charge in [-0.25, -0.2) is 8.42 Å². The number of benzene rings is 2. The third kappa shape index (κ3) is 5.15. The van der Waals surface area contributed by atoms with Crippen molar-refractivity contribution in [1.82, 2.24) is 9.62 Å². The fourth-order valence-electron chi connectivity index (χ4n) is 2.49. The molecule has 0 atom stereocenters. The molecule has 2 aromatic carbocycles. The highest BCUT2D eigenvalue weighted by atomic mass is 35.5. The number of rotatable bonds is 7. The minimum absolute atomic E-state index is 0.0188. The lowest BCUT2D eigenvalue weighted by Gasteiger charge is -2.19. The van der Waals surface area contributed by atoms with Crippen molar-refractivity contribution >= 4 is 50.7 Å². The average Bonchev–Trinajstić information content (AvgIpc) is 2.61. The predicted octanol–water partition coefficient (Wildman–Crippen LogP) is 4.61. The molecule has 9 heteroatoms. The molecule has 0 spiro atoms. The fourth-order valence-corrected chi connectivity index (χ4v) is 4.65. The van der Waals surface area contributed by atoms with E-state index in [0.717, 1.165) is 0 Å². The number of hydrogen-bond acceptors (Lipinski definition) is 3. The largest absolute Gasteiger partial charge is 0.348 e. The van der Waals surface area contributed by atoms with Crippen LogP contribution in [0.4, 0.5) is 0 Å². The summed E-state index contributed by atoms with van der Waals surface area (Å²) in [6.07, 6.45) is 0. The molecule has 1 N–H and O–H groups in total. The normalized spacial score (nSPS) is 11.6. The van der Waals surface area contributed by atoms with Crippen LogP contribution in [0.1, 0.15) is 29.8 Å². The molecule has 0 heterocycles. The lowest BCUT2D eigenvalue weighted by Crippen LogP contribution is -2.31. The number of nitrogens with zero attached hydrogens (tertiary/aromatic N) is 1. The molecule has 146 valence electrons. The Morgan fingerprint density at radius 3 is 2.26 bits per heavy atom. The Bertz CT molecular complexity index is 945. The second-order valence-electron chi connectivity index (χ2n) is 5.65. The van der Waals surface area contributed by atoms with Crippen LogP contribution in [-0.2, 0) is 16.6 Å². The first-order chi connectivity index (χ1) is 12.7. The number of sulfonamides is 1. The zero-order valence-electron chi connectivity index (χ0n) is 14.8. The van der Waals surface area contributed by atoms with Gasteiger partial charge in [-0.3, -0.25) is 4.79 Å². The Morgan fingerprint density at radius 2 is 1.67 bits per heavy atom. The summed E-state index contributed by atoms with van der Waals surface area (Å²) < 4.78 is 26.6. The first-order valence-corrected chi connectivity index (χ1v) is 10.8. The minimum Gasteiger partial charge on any atom is -0.348 e. The standard InChI is InChI=1S/C18H19Cl3N2O3S/c1-3-23(4-2)27(25,26)14-7-8-16(20)15(10-14)18(24)22-11-12-5-6-13(19)9-17(12)21/h5-10H,3-4,11H2,1-2H3,(H,22,24). The zero-order chi connectivity index (χ0) is 20.2. The Kier molecular flexibility index (Phi) is 7.54. The van der Waals surface area contributed by atoms with Crippen molar-refractivity contribution in [2.45, 2.75) is 25.3 Å². The second-order valence-corrected chi connectivity index (χ2v) is 8.84. The number of nitrogens with one attached hydrogen (secondary N) is 1. The number of carbonyl (C=O) groups excluding carboxylic acids is 1. The molecule has 0 radical (unpaired) electrons. The molecule has 0 aliphatic rings. The summed E-state index contributed by atoms with van der Waals surface area (Å²) >= 11 is 18.1.